The third-order valence-corrected chi connectivity index (χ3v) is 6.52. The van der Waals surface area contributed by atoms with Crippen molar-refractivity contribution in [1.82, 2.24) is 20.2 Å². The number of carbonyl (C=O) groups is 2. The fourth-order valence-electron chi connectivity index (χ4n) is 2.99. The maximum absolute atomic E-state index is 12.7. The van der Waals surface area contributed by atoms with Gasteiger partial charge >= 0.3 is 5.97 Å². The molecule has 1 amide bonds. The van der Waals surface area contributed by atoms with Crippen LogP contribution in [-0.4, -0.2) is 44.4 Å². The minimum absolute atomic E-state index is 0.0592. The van der Waals surface area contributed by atoms with E-state index in [0.717, 1.165) is 11.3 Å². The average Bonchev–Trinajstić information content (AvgIpc) is 3.46. The molecule has 33 heavy (non-hydrogen) atoms. The predicted molar refractivity (Wildman–Crippen MR) is 129 cm³/mol. The summed E-state index contributed by atoms with van der Waals surface area (Å²) in [5.74, 6) is -0.735. The Morgan fingerprint density at radius 3 is 2.64 bits per heavy atom. The summed E-state index contributed by atoms with van der Waals surface area (Å²) in [5, 5.41) is 17.8. The van der Waals surface area contributed by atoms with Crippen LogP contribution >= 0.6 is 34.7 Å². The number of tetrazole rings is 1. The third kappa shape index (κ3) is 5.41. The maximum Gasteiger partial charge on any atom is 0.341 e. The average molecular weight is 500 g/mol. The molecule has 0 radical (unpaired) electrons. The molecular formula is C22H18ClN5O3S2. The van der Waals surface area contributed by atoms with Crippen molar-refractivity contribution in [2.75, 3.05) is 17.7 Å². The number of hydrogen-bond acceptors (Lipinski definition) is 8. The Kier molecular flexibility index (Phi) is 7.38. The normalized spacial score (nSPS) is 10.7. The summed E-state index contributed by atoms with van der Waals surface area (Å²) >= 11 is 8.44. The summed E-state index contributed by atoms with van der Waals surface area (Å²) < 4.78 is 6.79. The number of carbonyl (C=O) groups excluding carboxylic acids is 2. The molecule has 2 aromatic heterocycles. The summed E-state index contributed by atoms with van der Waals surface area (Å²) in [6.45, 7) is 1.96. The van der Waals surface area contributed by atoms with Gasteiger partial charge in [0.05, 0.1) is 18.0 Å². The van der Waals surface area contributed by atoms with Crippen LogP contribution in [0.25, 0.3) is 16.8 Å². The fraction of sp³-hybridized carbons (Fsp3) is 0.136. The first-order chi connectivity index (χ1) is 16.1. The lowest BCUT2D eigenvalue weighted by Crippen LogP contribution is -2.16. The number of benzene rings is 2. The molecule has 0 unspecified atom stereocenters. The quantitative estimate of drug-likeness (QED) is 0.270. The van der Waals surface area contributed by atoms with E-state index >= 15 is 0 Å². The molecule has 0 saturated carbocycles. The van der Waals surface area contributed by atoms with Crippen LogP contribution in [-0.2, 0) is 9.53 Å². The molecule has 2 aromatic carbocycles. The van der Waals surface area contributed by atoms with Crippen LogP contribution in [0.5, 0.6) is 0 Å². The van der Waals surface area contributed by atoms with Crippen LogP contribution in [0.15, 0.2) is 65.1 Å². The van der Waals surface area contributed by atoms with Gasteiger partial charge < -0.3 is 10.1 Å². The van der Waals surface area contributed by atoms with Crippen molar-refractivity contribution < 1.29 is 14.3 Å². The van der Waals surface area contributed by atoms with Gasteiger partial charge in [-0.1, -0.05) is 53.7 Å². The molecule has 0 atom stereocenters. The van der Waals surface area contributed by atoms with Gasteiger partial charge in [-0.05, 0) is 47.2 Å². The number of ether oxygens (including phenoxy) is 1. The van der Waals surface area contributed by atoms with Gasteiger partial charge in [0.25, 0.3) is 0 Å². The largest absolute Gasteiger partial charge is 0.462 e. The summed E-state index contributed by atoms with van der Waals surface area (Å²) in [6, 6.07) is 16.5. The molecule has 0 aliphatic rings. The van der Waals surface area contributed by atoms with Crippen molar-refractivity contribution >= 4 is 51.6 Å². The molecule has 0 aliphatic heterocycles. The van der Waals surface area contributed by atoms with Crippen molar-refractivity contribution in [3.63, 3.8) is 0 Å². The van der Waals surface area contributed by atoms with E-state index in [-0.39, 0.29) is 18.3 Å². The van der Waals surface area contributed by atoms with Crippen LogP contribution in [0, 0.1) is 0 Å². The molecule has 0 fully saturated rings. The highest BCUT2D eigenvalue weighted by Crippen LogP contribution is 2.37. The van der Waals surface area contributed by atoms with Crippen LogP contribution in [0.3, 0.4) is 0 Å². The topological polar surface area (TPSA) is 99.0 Å². The number of esters is 1. The number of anilines is 1. The SMILES string of the molecule is CCOC(=O)c1c(-c2ccc(Cl)cc2)csc1NC(=O)CSc1nnnn1-c1ccccc1. The number of halogens is 1. The van der Waals surface area contributed by atoms with Crippen molar-refractivity contribution in [1.29, 1.82) is 0 Å². The smallest absolute Gasteiger partial charge is 0.341 e. The van der Waals surface area contributed by atoms with Gasteiger partial charge in [0.2, 0.25) is 11.1 Å². The highest BCUT2D eigenvalue weighted by atomic mass is 35.5. The zero-order valence-corrected chi connectivity index (χ0v) is 19.8. The van der Waals surface area contributed by atoms with Gasteiger partial charge in [0.15, 0.2) is 0 Å². The molecule has 8 nitrogen and oxygen atoms in total. The van der Waals surface area contributed by atoms with E-state index in [4.69, 9.17) is 16.3 Å². The Labute approximate surface area is 202 Å². The van der Waals surface area contributed by atoms with E-state index in [2.05, 4.69) is 20.8 Å². The first-order valence-corrected chi connectivity index (χ1v) is 12.1. The van der Waals surface area contributed by atoms with Crippen molar-refractivity contribution in [2.45, 2.75) is 12.1 Å². The summed E-state index contributed by atoms with van der Waals surface area (Å²) in [6.07, 6.45) is 0. The van der Waals surface area contributed by atoms with Gasteiger partial charge in [0, 0.05) is 16.0 Å². The van der Waals surface area contributed by atoms with E-state index in [0.29, 0.717) is 26.3 Å². The summed E-state index contributed by atoms with van der Waals surface area (Å²) in [7, 11) is 0. The van der Waals surface area contributed by atoms with Gasteiger partial charge in [-0.2, -0.15) is 4.68 Å². The number of hydrogen-bond donors (Lipinski definition) is 1. The molecule has 0 aliphatic carbocycles. The van der Waals surface area contributed by atoms with Gasteiger partial charge in [-0.25, -0.2) is 4.79 Å². The zero-order chi connectivity index (χ0) is 23.2. The molecule has 4 rings (SSSR count). The van der Waals surface area contributed by atoms with Crippen LogP contribution < -0.4 is 5.32 Å². The van der Waals surface area contributed by atoms with Crippen molar-refractivity contribution in [3.8, 4) is 16.8 Å². The van der Waals surface area contributed by atoms with Crippen LogP contribution in [0.2, 0.25) is 5.02 Å². The number of amides is 1. The lowest BCUT2D eigenvalue weighted by Gasteiger charge is -2.09. The second kappa shape index (κ2) is 10.6. The molecule has 0 spiro atoms. The number of thioether (sulfide) groups is 1. The van der Waals surface area contributed by atoms with Crippen molar-refractivity contribution in [2.24, 2.45) is 0 Å². The molecule has 168 valence electrons. The predicted octanol–water partition coefficient (Wildman–Crippen LogP) is 4.95. The van der Waals surface area contributed by atoms with E-state index in [1.165, 1.54) is 23.1 Å². The number of rotatable bonds is 8. The summed E-state index contributed by atoms with van der Waals surface area (Å²) in [4.78, 5) is 25.4. The Hall–Kier alpha value is -3.21. The summed E-state index contributed by atoms with van der Waals surface area (Å²) in [5.41, 5.74) is 2.58. The van der Waals surface area contributed by atoms with Crippen LogP contribution in [0.1, 0.15) is 17.3 Å². The second-order valence-electron chi connectivity index (χ2n) is 6.63. The second-order valence-corrected chi connectivity index (χ2v) is 8.89. The Balaban J connectivity index is 1.51. The maximum atomic E-state index is 12.7. The number of aromatic nitrogens is 4. The minimum Gasteiger partial charge on any atom is -0.462 e. The van der Waals surface area contributed by atoms with E-state index in [1.807, 2.05) is 47.8 Å². The first-order valence-electron chi connectivity index (χ1n) is 9.87. The molecule has 2 heterocycles. The fourth-order valence-corrected chi connectivity index (χ4v) is 4.78. The zero-order valence-electron chi connectivity index (χ0n) is 17.4. The standard InChI is InChI=1S/C22H18ClN5O3S2/c1-2-31-21(30)19-17(14-8-10-15(23)11-9-14)12-32-20(19)24-18(29)13-33-22-25-26-27-28(22)16-6-4-3-5-7-16/h3-12H,2,13H2,1H3,(H,24,29). The molecular weight excluding hydrogens is 482 g/mol. The molecule has 0 bridgehead atoms. The van der Waals surface area contributed by atoms with Crippen LogP contribution in [0.4, 0.5) is 5.00 Å². The van der Waals surface area contributed by atoms with E-state index in [1.54, 1.807) is 23.7 Å². The third-order valence-electron chi connectivity index (χ3n) is 4.45. The number of nitrogens with one attached hydrogen (secondary N) is 1. The monoisotopic (exact) mass is 499 g/mol. The number of nitrogens with zero attached hydrogens (tertiary/aromatic N) is 4. The van der Waals surface area contributed by atoms with Crippen molar-refractivity contribution in [3.05, 3.63) is 70.6 Å². The Morgan fingerprint density at radius 2 is 1.91 bits per heavy atom. The first kappa shape index (κ1) is 23.0. The molecule has 11 heteroatoms. The van der Waals surface area contributed by atoms with Gasteiger partial charge in [-0.3, -0.25) is 4.79 Å². The Morgan fingerprint density at radius 1 is 1.15 bits per heavy atom. The highest BCUT2D eigenvalue weighted by Gasteiger charge is 2.23. The lowest BCUT2D eigenvalue weighted by molar-refractivity contribution is -0.113. The minimum atomic E-state index is -0.500. The number of para-hydroxylation sites is 1. The van der Waals surface area contributed by atoms with Gasteiger partial charge in [0.1, 0.15) is 10.6 Å². The van der Waals surface area contributed by atoms with E-state index < -0.39 is 5.97 Å². The molecule has 4 aromatic rings. The van der Waals surface area contributed by atoms with E-state index in [9.17, 15) is 9.59 Å². The molecule has 1 N–H and O–H groups in total. The lowest BCUT2D eigenvalue weighted by atomic mass is 10.0. The van der Waals surface area contributed by atoms with Gasteiger partial charge in [-0.15, -0.1) is 16.4 Å². The highest BCUT2D eigenvalue weighted by molar-refractivity contribution is 7.99. The Bertz CT molecular complexity index is 1260. The molecule has 0 saturated heterocycles. The number of thiophene rings is 1.